The number of nitrogens with zero attached hydrogens (tertiary/aromatic N) is 2. The summed E-state index contributed by atoms with van der Waals surface area (Å²) in [5, 5.41) is 8.90. The molecule has 0 bridgehead atoms. The zero-order chi connectivity index (χ0) is 18.0. The second-order valence-electron chi connectivity index (χ2n) is 5.66. The second-order valence-corrected chi connectivity index (χ2v) is 5.66. The maximum Gasteiger partial charge on any atom is 0.231 e. The van der Waals surface area contributed by atoms with E-state index in [1.165, 1.54) is 7.11 Å². The van der Waals surface area contributed by atoms with Gasteiger partial charge in [0.2, 0.25) is 5.91 Å². The number of hydrogen-bond donors (Lipinski definition) is 0. The third-order valence-electron chi connectivity index (χ3n) is 4.13. The summed E-state index contributed by atoms with van der Waals surface area (Å²) in [5.74, 6) is 0.605. The maximum atomic E-state index is 12.4. The van der Waals surface area contributed by atoms with Crippen LogP contribution in [0.25, 0.3) is 0 Å². The number of hydrogen-bond acceptors (Lipinski definition) is 5. The summed E-state index contributed by atoms with van der Waals surface area (Å²) in [6.45, 7) is -0.162. The highest BCUT2D eigenvalue weighted by Gasteiger charge is 2.24. The van der Waals surface area contributed by atoms with Crippen molar-refractivity contribution in [3.8, 4) is 17.6 Å². The number of nitriles is 1. The molecular formula is C19H16N2O4. The van der Waals surface area contributed by atoms with Gasteiger partial charge in [-0.1, -0.05) is 0 Å². The van der Waals surface area contributed by atoms with Crippen molar-refractivity contribution in [3.05, 3.63) is 53.1 Å². The van der Waals surface area contributed by atoms with Gasteiger partial charge in [-0.25, -0.2) is 0 Å². The van der Waals surface area contributed by atoms with Crippen LogP contribution < -0.4 is 14.4 Å². The highest BCUT2D eigenvalue weighted by atomic mass is 16.5. The average Bonchev–Trinajstić information content (AvgIpc) is 2.93. The Kier molecular flexibility index (Phi) is 4.40. The molecule has 1 aliphatic heterocycles. The summed E-state index contributed by atoms with van der Waals surface area (Å²) in [7, 11) is 3.19. The quantitative estimate of drug-likeness (QED) is 0.783. The molecule has 2 aromatic carbocycles. The molecule has 0 N–H and O–H groups in total. The fourth-order valence-corrected chi connectivity index (χ4v) is 2.73. The van der Waals surface area contributed by atoms with Crippen LogP contribution >= 0.6 is 0 Å². The van der Waals surface area contributed by atoms with Gasteiger partial charge in [0, 0.05) is 24.4 Å². The molecule has 6 nitrogen and oxygen atoms in total. The molecule has 1 amide bonds. The Morgan fingerprint density at radius 1 is 1.24 bits per heavy atom. The van der Waals surface area contributed by atoms with Crippen LogP contribution in [-0.4, -0.2) is 32.5 Å². The number of methoxy groups -OCH3 is 1. The summed E-state index contributed by atoms with van der Waals surface area (Å²) in [4.78, 5) is 25.7. The van der Waals surface area contributed by atoms with Gasteiger partial charge in [0.1, 0.15) is 0 Å². The number of anilines is 1. The highest BCUT2D eigenvalue weighted by molar-refractivity contribution is 6.03. The fourth-order valence-electron chi connectivity index (χ4n) is 2.73. The van der Waals surface area contributed by atoms with E-state index in [2.05, 4.69) is 0 Å². The van der Waals surface area contributed by atoms with Crippen LogP contribution in [0.4, 0.5) is 5.69 Å². The van der Waals surface area contributed by atoms with Gasteiger partial charge in [-0.15, -0.1) is 0 Å². The zero-order valence-corrected chi connectivity index (χ0v) is 13.9. The lowest BCUT2D eigenvalue weighted by Gasteiger charge is -2.12. The minimum atomic E-state index is -0.198. The highest BCUT2D eigenvalue weighted by Crippen LogP contribution is 2.30. The summed E-state index contributed by atoms with van der Waals surface area (Å²) in [6.07, 6.45) is 0.303. The summed E-state index contributed by atoms with van der Waals surface area (Å²) in [5.41, 5.74) is 2.61. The molecule has 0 aromatic heterocycles. The fraction of sp³-hybridized carbons (Fsp3) is 0.211. The Labute approximate surface area is 145 Å². The largest absolute Gasteiger partial charge is 0.493 e. The molecule has 0 unspecified atom stereocenters. The molecule has 3 rings (SSSR count). The molecule has 1 heterocycles. The second kappa shape index (κ2) is 6.65. The zero-order valence-electron chi connectivity index (χ0n) is 13.9. The van der Waals surface area contributed by atoms with E-state index in [1.54, 1.807) is 48.3 Å². The Morgan fingerprint density at radius 2 is 2.04 bits per heavy atom. The Hall–Kier alpha value is -3.33. The number of Topliss-reactive ketones (excluding diaryl/α,β-unsaturated/α-hetero) is 1. The molecule has 0 fully saturated rings. The maximum absolute atomic E-state index is 12.4. The van der Waals surface area contributed by atoms with E-state index in [0.717, 1.165) is 11.3 Å². The number of likely N-dealkylation sites (N-methyl/N-ethyl adjacent to an activating group) is 1. The first kappa shape index (κ1) is 16.5. The molecular weight excluding hydrogens is 320 g/mol. The molecule has 25 heavy (non-hydrogen) atoms. The summed E-state index contributed by atoms with van der Waals surface area (Å²) < 4.78 is 10.7. The molecule has 0 saturated carbocycles. The van der Waals surface area contributed by atoms with E-state index in [9.17, 15) is 9.59 Å². The van der Waals surface area contributed by atoms with Gasteiger partial charge in [0.25, 0.3) is 0 Å². The van der Waals surface area contributed by atoms with E-state index in [-0.39, 0.29) is 18.3 Å². The average molecular weight is 336 g/mol. The molecule has 6 heteroatoms. The van der Waals surface area contributed by atoms with Gasteiger partial charge in [-0.2, -0.15) is 5.26 Å². The standard InChI is InChI=1S/C19H16N2O4/c1-21-15-5-4-13(8-14(15)9-19(21)23)16(22)11-25-17-6-3-12(10-20)7-18(17)24-2/h3-8H,9,11H2,1-2H3. The molecule has 1 aliphatic rings. The number of carbonyl (C=O) groups excluding carboxylic acids is 2. The first-order valence-corrected chi connectivity index (χ1v) is 7.67. The van der Waals surface area contributed by atoms with E-state index >= 15 is 0 Å². The molecule has 0 atom stereocenters. The van der Waals surface area contributed by atoms with E-state index < -0.39 is 0 Å². The van der Waals surface area contributed by atoms with Crippen LogP contribution in [-0.2, 0) is 11.2 Å². The van der Waals surface area contributed by atoms with Crippen molar-refractivity contribution in [2.75, 3.05) is 25.7 Å². The third kappa shape index (κ3) is 3.17. The van der Waals surface area contributed by atoms with Gasteiger partial charge in [0.15, 0.2) is 23.9 Å². The number of ether oxygens (including phenoxy) is 2. The lowest BCUT2D eigenvalue weighted by molar-refractivity contribution is -0.117. The van der Waals surface area contributed by atoms with Gasteiger partial charge in [-0.05, 0) is 35.9 Å². The Morgan fingerprint density at radius 3 is 2.76 bits per heavy atom. The monoisotopic (exact) mass is 336 g/mol. The lowest BCUT2D eigenvalue weighted by atomic mass is 10.1. The minimum absolute atomic E-state index is 0.0122. The number of benzene rings is 2. The third-order valence-corrected chi connectivity index (χ3v) is 4.13. The van der Waals surface area contributed by atoms with Crippen molar-refractivity contribution in [3.63, 3.8) is 0 Å². The Bertz CT molecular complexity index is 899. The molecule has 0 saturated heterocycles. The topological polar surface area (TPSA) is 79.6 Å². The normalized spacial score (nSPS) is 12.5. The number of ketones is 1. The van der Waals surface area contributed by atoms with Crippen LogP contribution in [0.3, 0.4) is 0 Å². The van der Waals surface area contributed by atoms with Gasteiger partial charge < -0.3 is 14.4 Å². The van der Waals surface area contributed by atoms with Gasteiger partial charge >= 0.3 is 0 Å². The lowest BCUT2D eigenvalue weighted by Crippen LogP contribution is -2.20. The summed E-state index contributed by atoms with van der Waals surface area (Å²) in [6, 6.07) is 12.0. The predicted molar refractivity (Wildman–Crippen MR) is 91.1 cm³/mol. The van der Waals surface area contributed by atoms with Crippen LogP contribution in [0.15, 0.2) is 36.4 Å². The first-order valence-electron chi connectivity index (χ1n) is 7.67. The van der Waals surface area contributed by atoms with Crippen LogP contribution in [0.2, 0.25) is 0 Å². The number of fused-ring (bicyclic) bond motifs is 1. The SMILES string of the molecule is COc1cc(C#N)ccc1OCC(=O)c1ccc2c(c1)CC(=O)N2C. The van der Waals surface area contributed by atoms with Crippen molar-refractivity contribution in [1.82, 2.24) is 0 Å². The van der Waals surface area contributed by atoms with E-state index in [4.69, 9.17) is 14.7 Å². The van der Waals surface area contributed by atoms with Crippen molar-refractivity contribution in [2.45, 2.75) is 6.42 Å². The van der Waals surface area contributed by atoms with Crippen molar-refractivity contribution < 1.29 is 19.1 Å². The van der Waals surface area contributed by atoms with Crippen LogP contribution in [0, 0.1) is 11.3 Å². The molecule has 2 aromatic rings. The van der Waals surface area contributed by atoms with E-state index in [0.29, 0.717) is 29.0 Å². The van der Waals surface area contributed by atoms with Gasteiger partial charge in [-0.3, -0.25) is 9.59 Å². The van der Waals surface area contributed by atoms with Crippen LogP contribution in [0.1, 0.15) is 21.5 Å². The van der Waals surface area contributed by atoms with Gasteiger partial charge in [0.05, 0.1) is 25.2 Å². The Balaban J connectivity index is 1.73. The molecule has 126 valence electrons. The number of rotatable bonds is 5. The first-order chi connectivity index (χ1) is 12.0. The number of carbonyl (C=O) groups is 2. The molecule has 0 radical (unpaired) electrons. The van der Waals surface area contributed by atoms with Crippen molar-refractivity contribution in [2.24, 2.45) is 0 Å². The summed E-state index contributed by atoms with van der Waals surface area (Å²) >= 11 is 0. The molecule has 0 aliphatic carbocycles. The predicted octanol–water partition coefficient (Wildman–Crippen LogP) is 2.35. The van der Waals surface area contributed by atoms with Crippen molar-refractivity contribution >= 4 is 17.4 Å². The number of amides is 1. The molecule has 0 spiro atoms. The van der Waals surface area contributed by atoms with Crippen molar-refractivity contribution in [1.29, 1.82) is 5.26 Å². The minimum Gasteiger partial charge on any atom is -0.493 e. The smallest absolute Gasteiger partial charge is 0.231 e. The van der Waals surface area contributed by atoms with Crippen LogP contribution in [0.5, 0.6) is 11.5 Å². The van der Waals surface area contributed by atoms with E-state index in [1.807, 2.05) is 6.07 Å².